The topological polar surface area (TPSA) is 12.9 Å². The summed E-state index contributed by atoms with van der Waals surface area (Å²) in [5.74, 6) is 0. The highest BCUT2D eigenvalue weighted by molar-refractivity contribution is 8.77. The quantitative estimate of drug-likeness (QED) is 0.665. The minimum Gasteiger partial charge on any atom is -0.249 e. The van der Waals surface area contributed by atoms with Gasteiger partial charge < -0.3 is 0 Å². The Kier molecular flexibility index (Phi) is 5.54. The predicted octanol–water partition coefficient (Wildman–Crippen LogP) is 4.79. The summed E-state index contributed by atoms with van der Waals surface area (Å²) in [6.07, 6.45) is 5.54. The number of hydrogen-bond acceptors (Lipinski definition) is 3. The van der Waals surface area contributed by atoms with Crippen molar-refractivity contribution in [3.8, 4) is 0 Å². The molecule has 84 valence electrons. The van der Waals surface area contributed by atoms with Crippen LogP contribution in [0.2, 0.25) is 0 Å². The molecule has 3 heteroatoms. The molecule has 0 aliphatic rings. The van der Waals surface area contributed by atoms with E-state index in [2.05, 4.69) is 31.8 Å². The van der Waals surface area contributed by atoms with Crippen LogP contribution >= 0.6 is 21.6 Å². The maximum absolute atomic E-state index is 4.33. The maximum Gasteiger partial charge on any atom is 0.106 e. The summed E-state index contributed by atoms with van der Waals surface area (Å²) in [7, 11) is 3.78. The predicted molar refractivity (Wildman–Crippen MR) is 71.3 cm³/mol. The summed E-state index contributed by atoms with van der Waals surface area (Å²) in [6, 6.07) is 6.08. The van der Waals surface area contributed by atoms with E-state index < -0.39 is 0 Å². The van der Waals surface area contributed by atoms with Gasteiger partial charge in [-0.25, -0.2) is 4.98 Å². The van der Waals surface area contributed by atoms with E-state index in [4.69, 9.17) is 0 Å². The molecule has 15 heavy (non-hydrogen) atoms. The first kappa shape index (κ1) is 12.9. The molecule has 0 aliphatic carbocycles. The van der Waals surface area contributed by atoms with E-state index in [0.717, 1.165) is 5.03 Å². The van der Waals surface area contributed by atoms with Crippen molar-refractivity contribution in [3.05, 3.63) is 24.4 Å². The lowest BCUT2D eigenvalue weighted by Gasteiger charge is -2.28. The van der Waals surface area contributed by atoms with Crippen molar-refractivity contribution in [1.82, 2.24) is 4.98 Å². The van der Waals surface area contributed by atoms with Crippen molar-refractivity contribution in [1.29, 1.82) is 0 Å². The fourth-order valence-electron chi connectivity index (χ4n) is 1.45. The van der Waals surface area contributed by atoms with Gasteiger partial charge in [0.05, 0.1) is 0 Å². The summed E-state index contributed by atoms with van der Waals surface area (Å²) in [5.41, 5.74) is 0. The maximum atomic E-state index is 4.33. The van der Waals surface area contributed by atoms with Gasteiger partial charge >= 0.3 is 0 Å². The zero-order chi connectivity index (χ0) is 11.1. The Balaban J connectivity index is 2.54. The molecule has 0 radical (unpaired) electrons. The highest BCUT2D eigenvalue weighted by atomic mass is 33.1. The molecule has 1 rings (SSSR count). The number of nitrogens with zero attached hydrogens (tertiary/aromatic N) is 1. The van der Waals surface area contributed by atoms with Crippen LogP contribution in [0.15, 0.2) is 29.4 Å². The molecule has 0 saturated carbocycles. The number of rotatable bonds is 6. The van der Waals surface area contributed by atoms with Gasteiger partial charge in [0.1, 0.15) is 5.03 Å². The molecule has 0 aromatic carbocycles. The Morgan fingerprint density at radius 2 is 1.80 bits per heavy atom. The van der Waals surface area contributed by atoms with Gasteiger partial charge in [-0.05, 0) is 42.2 Å². The fraction of sp³-hybridized carbons (Fsp3) is 0.583. The van der Waals surface area contributed by atoms with Crippen molar-refractivity contribution < 1.29 is 0 Å². The van der Waals surface area contributed by atoms with E-state index in [9.17, 15) is 0 Å². The third-order valence-electron chi connectivity index (χ3n) is 2.87. The van der Waals surface area contributed by atoms with E-state index in [1.54, 1.807) is 10.8 Å². The molecule has 0 aliphatic heterocycles. The van der Waals surface area contributed by atoms with E-state index in [0.29, 0.717) is 4.75 Å². The van der Waals surface area contributed by atoms with Crippen LogP contribution in [0.3, 0.4) is 0 Å². The van der Waals surface area contributed by atoms with Gasteiger partial charge in [-0.1, -0.05) is 37.6 Å². The molecule has 0 spiro atoms. The monoisotopic (exact) mass is 241 g/mol. The molecule has 0 bridgehead atoms. The Hall–Kier alpha value is -0.150. The first-order valence-electron chi connectivity index (χ1n) is 5.53. The smallest absolute Gasteiger partial charge is 0.106 e. The summed E-state index contributed by atoms with van der Waals surface area (Å²) in [6.45, 7) is 6.83. The summed E-state index contributed by atoms with van der Waals surface area (Å²) in [5, 5.41) is 1.11. The molecular formula is C12H19NS2. The lowest BCUT2D eigenvalue weighted by molar-refractivity contribution is 0.535. The van der Waals surface area contributed by atoms with Crippen LogP contribution in [-0.4, -0.2) is 9.73 Å². The summed E-state index contributed by atoms with van der Waals surface area (Å²) < 4.78 is 0.419. The largest absolute Gasteiger partial charge is 0.249 e. The highest BCUT2D eigenvalue weighted by Crippen LogP contribution is 2.45. The van der Waals surface area contributed by atoms with Crippen LogP contribution < -0.4 is 0 Å². The Labute approximate surface area is 101 Å². The average Bonchev–Trinajstić information content (AvgIpc) is 2.33. The van der Waals surface area contributed by atoms with Crippen molar-refractivity contribution in [2.24, 2.45) is 0 Å². The summed E-state index contributed by atoms with van der Waals surface area (Å²) >= 11 is 0. The van der Waals surface area contributed by atoms with Crippen LogP contribution in [0.5, 0.6) is 0 Å². The zero-order valence-corrected chi connectivity index (χ0v) is 11.3. The lowest BCUT2D eigenvalue weighted by Crippen LogP contribution is -2.19. The number of pyridine rings is 1. The molecule has 1 aromatic heterocycles. The van der Waals surface area contributed by atoms with Gasteiger partial charge in [0.25, 0.3) is 0 Å². The van der Waals surface area contributed by atoms with Crippen molar-refractivity contribution >= 4 is 21.6 Å². The molecular weight excluding hydrogens is 222 g/mol. The number of hydrogen-bond donors (Lipinski definition) is 0. The van der Waals surface area contributed by atoms with Gasteiger partial charge in [0.2, 0.25) is 0 Å². The van der Waals surface area contributed by atoms with Gasteiger partial charge in [0.15, 0.2) is 0 Å². The molecule has 0 fully saturated rings. The van der Waals surface area contributed by atoms with Gasteiger partial charge in [0, 0.05) is 10.9 Å². The van der Waals surface area contributed by atoms with Crippen molar-refractivity contribution in [2.45, 2.75) is 49.8 Å². The molecule has 1 heterocycles. The SMILES string of the molecule is CCC(CC)(CC)SSc1ccccn1. The van der Waals surface area contributed by atoms with Crippen LogP contribution in [0.1, 0.15) is 40.0 Å². The Morgan fingerprint density at radius 3 is 2.27 bits per heavy atom. The van der Waals surface area contributed by atoms with Gasteiger partial charge in [-0.15, -0.1) is 0 Å². The lowest BCUT2D eigenvalue weighted by atomic mass is 9.99. The minimum absolute atomic E-state index is 0.419. The normalized spacial score (nSPS) is 11.7. The van der Waals surface area contributed by atoms with Crippen LogP contribution in [0.25, 0.3) is 0 Å². The van der Waals surface area contributed by atoms with Crippen LogP contribution in [0, 0.1) is 0 Å². The second kappa shape index (κ2) is 6.44. The molecule has 1 nitrogen and oxygen atoms in total. The van der Waals surface area contributed by atoms with Gasteiger partial charge in [-0.3, -0.25) is 0 Å². The Morgan fingerprint density at radius 1 is 1.13 bits per heavy atom. The van der Waals surface area contributed by atoms with E-state index in [1.807, 2.05) is 29.1 Å². The molecule has 0 atom stereocenters. The molecule has 0 N–H and O–H groups in total. The van der Waals surface area contributed by atoms with E-state index >= 15 is 0 Å². The third kappa shape index (κ3) is 3.72. The average molecular weight is 241 g/mol. The van der Waals surface area contributed by atoms with Crippen molar-refractivity contribution in [2.75, 3.05) is 0 Å². The van der Waals surface area contributed by atoms with Gasteiger partial charge in [-0.2, -0.15) is 0 Å². The Bertz CT molecular complexity index is 262. The first-order valence-corrected chi connectivity index (χ1v) is 7.68. The molecule has 0 saturated heterocycles. The van der Waals surface area contributed by atoms with Crippen LogP contribution in [0.4, 0.5) is 0 Å². The molecule has 0 unspecified atom stereocenters. The molecule has 0 amide bonds. The van der Waals surface area contributed by atoms with Crippen LogP contribution in [-0.2, 0) is 0 Å². The number of aromatic nitrogens is 1. The van der Waals surface area contributed by atoms with Crippen molar-refractivity contribution in [3.63, 3.8) is 0 Å². The van der Waals surface area contributed by atoms with E-state index in [1.165, 1.54) is 19.3 Å². The second-order valence-electron chi connectivity index (χ2n) is 3.58. The fourth-order valence-corrected chi connectivity index (χ4v) is 4.45. The minimum atomic E-state index is 0.419. The standard InChI is InChI=1S/C12H19NS2/c1-4-12(5-2,6-3)15-14-11-9-7-8-10-13-11/h7-10H,4-6H2,1-3H3. The van der Waals surface area contributed by atoms with E-state index in [-0.39, 0.29) is 0 Å². The third-order valence-corrected chi connectivity index (χ3v) is 6.41. The zero-order valence-electron chi connectivity index (χ0n) is 9.69. The molecule has 1 aromatic rings. The highest BCUT2D eigenvalue weighted by Gasteiger charge is 2.25. The first-order chi connectivity index (χ1) is 7.26. The summed E-state index contributed by atoms with van der Waals surface area (Å²) in [4.78, 5) is 4.33. The second-order valence-corrected chi connectivity index (χ2v) is 6.20.